The Labute approximate surface area is 167 Å². The number of rotatable bonds is 5. The van der Waals surface area contributed by atoms with Gasteiger partial charge >= 0.3 is 6.09 Å². The number of hydrogen-bond acceptors (Lipinski definition) is 5. The van der Waals surface area contributed by atoms with Crippen molar-refractivity contribution in [1.82, 2.24) is 14.9 Å². The molecule has 0 unspecified atom stereocenters. The first-order valence-electron chi connectivity index (χ1n) is 9.20. The van der Waals surface area contributed by atoms with E-state index in [0.29, 0.717) is 0 Å². The first-order chi connectivity index (χ1) is 14.2. The maximum atomic E-state index is 12.3. The van der Waals surface area contributed by atoms with Crippen molar-refractivity contribution < 1.29 is 13.9 Å². The summed E-state index contributed by atoms with van der Waals surface area (Å²) in [5.41, 5.74) is 5.12. The van der Waals surface area contributed by atoms with E-state index in [1.54, 1.807) is 12.4 Å². The average Bonchev–Trinajstić information content (AvgIpc) is 3.12. The van der Waals surface area contributed by atoms with Gasteiger partial charge in [-0.15, -0.1) is 0 Å². The fourth-order valence-corrected chi connectivity index (χ4v) is 3.39. The zero-order valence-electron chi connectivity index (χ0n) is 15.6. The predicted molar refractivity (Wildman–Crippen MR) is 108 cm³/mol. The van der Waals surface area contributed by atoms with E-state index in [0.717, 1.165) is 33.9 Å². The van der Waals surface area contributed by atoms with Crippen LogP contribution in [0.4, 0.5) is 20.6 Å². The molecule has 148 valence electrons. The van der Waals surface area contributed by atoms with Crippen LogP contribution in [0.15, 0.2) is 54.9 Å². The molecule has 2 aromatic heterocycles. The molecule has 1 aliphatic rings. The van der Waals surface area contributed by atoms with Crippen molar-refractivity contribution in [2.45, 2.75) is 6.54 Å². The molecule has 0 saturated heterocycles. The molecule has 3 aromatic rings. The highest BCUT2D eigenvalue weighted by Gasteiger charge is 2.31. The Morgan fingerprint density at radius 2 is 1.97 bits per heavy atom. The standard InChI is InChI=1S/C21H20FN5O2/c22-8-11-29-21(28)27-12-16(23)18-17(13-27)26-19(14-6-9-24-10-7-14)20(18)25-15-4-2-1-3-5-15/h1-7,9-10,23,25-26H,8,11-13H2. The molecule has 29 heavy (non-hydrogen) atoms. The van der Waals surface area contributed by atoms with Crippen LogP contribution in [0, 0.1) is 5.41 Å². The molecule has 0 fully saturated rings. The van der Waals surface area contributed by atoms with E-state index in [1.165, 1.54) is 4.90 Å². The SMILES string of the molecule is N=C1CN(C(=O)OCCF)Cc2[nH]c(-c3ccncc3)c(Nc3ccccc3)c21. The molecule has 7 nitrogen and oxygen atoms in total. The van der Waals surface area contributed by atoms with Gasteiger partial charge in [0.15, 0.2) is 0 Å². The number of anilines is 2. The third-order valence-corrected chi connectivity index (χ3v) is 4.65. The topological polar surface area (TPSA) is 94.1 Å². The van der Waals surface area contributed by atoms with Gasteiger partial charge in [-0.1, -0.05) is 18.2 Å². The number of fused-ring (bicyclic) bond motifs is 1. The highest BCUT2D eigenvalue weighted by atomic mass is 19.1. The number of pyridine rings is 1. The second-order valence-corrected chi connectivity index (χ2v) is 6.59. The van der Waals surface area contributed by atoms with Gasteiger partial charge in [0, 0.05) is 34.9 Å². The van der Waals surface area contributed by atoms with Crippen molar-refractivity contribution >= 4 is 23.2 Å². The number of alkyl halides is 1. The van der Waals surface area contributed by atoms with E-state index in [4.69, 9.17) is 10.1 Å². The number of carbonyl (C=O) groups excluding carboxylic acids is 1. The van der Waals surface area contributed by atoms with Crippen molar-refractivity contribution in [3.63, 3.8) is 0 Å². The lowest BCUT2D eigenvalue weighted by molar-refractivity contribution is 0.0979. The molecule has 3 N–H and O–H groups in total. The largest absolute Gasteiger partial charge is 0.447 e. The Kier molecular flexibility index (Phi) is 5.24. The summed E-state index contributed by atoms with van der Waals surface area (Å²) in [6, 6.07) is 13.5. The van der Waals surface area contributed by atoms with Gasteiger partial charge in [0.1, 0.15) is 13.3 Å². The van der Waals surface area contributed by atoms with Gasteiger partial charge in [-0.2, -0.15) is 0 Å². The van der Waals surface area contributed by atoms with Gasteiger partial charge in [0.25, 0.3) is 0 Å². The van der Waals surface area contributed by atoms with Crippen molar-refractivity contribution in [3.8, 4) is 11.3 Å². The van der Waals surface area contributed by atoms with Gasteiger partial charge in [-0.05, 0) is 24.3 Å². The molecule has 4 rings (SSSR count). The second kappa shape index (κ2) is 8.14. The summed E-state index contributed by atoms with van der Waals surface area (Å²) in [6.45, 7) is -0.682. The average molecular weight is 393 g/mol. The summed E-state index contributed by atoms with van der Waals surface area (Å²) >= 11 is 0. The van der Waals surface area contributed by atoms with Gasteiger partial charge in [0.05, 0.1) is 30.2 Å². The number of para-hydroxylation sites is 1. The molecule has 0 radical (unpaired) electrons. The Morgan fingerprint density at radius 1 is 1.21 bits per heavy atom. The number of H-pyrrole nitrogens is 1. The van der Waals surface area contributed by atoms with Gasteiger partial charge in [-0.3, -0.25) is 9.88 Å². The van der Waals surface area contributed by atoms with Gasteiger partial charge < -0.3 is 20.4 Å². The number of nitrogens with zero attached hydrogens (tertiary/aromatic N) is 2. The third kappa shape index (κ3) is 3.82. The van der Waals surface area contributed by atoms with Crippen LogP contribution in [0.1, 0.15) is 11.3 Å². The van der Waals surface area contributed by atoms with Crippen molar-refractivity contribution in [1.29, 1.82) is 5.41 Å². The minimum atomic E-state index is -0.734. The lowest BCUT2D eigenvalue weighted by Gasteiger charge is -2.27. The Morgan fingerprint density at radius 3 is 2.69 bits per heavy atom. The minimum Gasteiger partial charge on any atom is -0.447 e. The molecule has 0 bridgehead atoms. The number of benzene rings is 1. The monoisotopic (exact) mass is 393 g/mol. The first-order valence-corrected chi connectivity index (χ1v) is 9.20. The van der Waals surface area contributed by atoms with Crippen molar-refractivity contribution in [2.24, 2.45) is 0 Å². The van der Waals surface area contributed by atoms with E-state index >= 15 is 0 Å². The fraction of sp³-hybridized carbons (Fsp3) is 0.190. The Hall–Kier alpha value is -3.68. The smallest absolute Gasteiger partial charge is 0.410 e. The number of aromatic amines is 1. The van der Waals surface area contributed by atoms with Crippen LogP contribution in [0.2, 0.25) is 0 Å². The summed E-state index contributed by atoms with van der Waals surface area (Å²) < 4.78 is 17.2. The number of amides is 1. The first kappa shape index (κ1) is 18.7. The molecule has 0 spiro atoms. The van der Waals surface area contributed by atoms with Crippen LogP contribution < -0.4 is 5.32 Å². The van der Waals surface area contributed by atoms with Gasteiger partial charge in [-0.25, -0.2) is 9.18 Å². The zero-order chi connectivity index (χ0) is 20.2. The van der Waals surface area contributed by atoms with Crippen LogP contribution in [0.5, 0.6) is 0 Å². The lowest BCUT2D eigenvalue weighted by Crippen LogP contribution is -2.40. The summed E-state index contributed by atoms with van der Waals surface area (Å²) in [4.78, 5) is 21.0. The summed E-state index contributed by atoms with van der Waals surface area (Å²) in [6.07, 6.45) is 2.77. The summed E-state index contributed by atoms with van der Waals surface area (Å²) in [5, 5.41) is 12.0. The molecule has 0 aliphatic carbocycles. The molecular formula is C21H20FN5O2. The second-order valence-electron chi connectivity index (χ2n) is 6.59. The number of nitrogens with one attached hydrogen (secondary N) is 3. The molecular weight excluding hydrogens is 373 g/mol. The van der Waals surface area contributed by atoms with E-state index in [1.807, 2.05) is 42.5 Å². The lowest BCUT2D eigenvalue weighted by atomic mass is 10.0. The van der Waals surface area contributed by atoms with E-state index in [2.05, 4.69) is 15.3 Å². The highest BCUT2D eigenvalue weighted by molar-refractivity contribution is 6.10. The summed E-state index contributed by atoms with van der Waals surface area (Å²) in [5.74, 6) is 0. The van der Waals surface area contributed by atoms with Crippen LogP contribution in [-0.4, -0.2) is 46.5 Å². The number of carbonyl (C=O) groups is 1. The highest BCUT2D eigenvalue weighted by Crippen LogP contribution is 2.37. The Balaban J connectivity index is 1.74. The van der Waals surface area contributed by atoms with Crippen molar-refractivity contribution in [3.05, 3.63) is 66.1 Å². The van der Waals surface area contributed by atoms with Crippen LogP contribution in [-0.2, 0) is 11.3 Å². The minimum absolute atomic E-state index is 0.0925. The number of aromatic nitrogens is 2. The van der Waals surface area contributed by atoms with Crippen LogP contribution in [0.3, 0.4) is 0 Å². The summed E-state index contributed by atoms with van der Waals surface area (Å²) in [7, 11) is 0. The number of hydrogen-bond donors (Lipinski definition) is 3. The van der Waals surface area contributed by atoms with Crippen LogP contribution >= 0.6 is 0 Å². The quantitative estimate of drug-likeness (QED) is 0.608. The molecule has 3 heterocycles. The van der Waals surface area contributed by atoms with E-state index in [-0.39, 0.29) is 25.4 Å². The fourth-order valence-electron chi connectivity index (χ4n) is 3.39. The predicted octanol–water partition coefficient (Wildman–Crippen LogP) is 4.11. The third-order valence-electron chi connectivity index (χ3n) is 4.65. The van der Waals surface area contributed by atoms with Gasteiger partial charge in [0.2, 0.25) is 0 Å². The van der Waals surface area contributed by atoms with E-state index < -0.39 is 12.8 Å². The molecule has 0 atom stereocenters. The Bertz CT molecular complexity index is 1020. The van der Waals surface area contributed by atoms with Crippen LogP contribution in [0.25, 0.3) is 11.3 Å². The molecule has 1 aliphatic heterocycles. The molecule has 1 amide bonds. The maximum absolute atomic E-state index is 12.3. The molecule has 8 heteroatoms. The molecule has 0 saturated carbocycles. The normalized spacial score (nSPS) is 13.1. The number of ether oxygens (including phenoxy) is 1. The zero-order valence-corrected chi connectivity index (χ0v) is 15.6. The van der Waals surface area contributed by atoms with E-state index in [9.17, 15) is 9.18 Å². The maximum Gasteiger partial charge on any atom is 0.410 e. The molecule has 1 aromatic carbocycles. The number of halogens is 1. The van der Waals surface area contributed by atoms with Crippen molar-refractivity contribution in [2.75, 3.05) is 25.1 Å².